The number of alkyl halides is 3. The first-order valence-electron chi connectivity index (χ1n) is 7.71. The van der Waals surface area contributed by atoms with Crippen LogP contribution in [0.4, 0.5) is 13.2 Å². The van der Waals surface area contributed by atoms with Crippen LogP contribution in [-0.4, -0.2) is 30.8 Å². The fraction of sp³-hybridized carbons (Fsp3) is 0.867. The van der Waals surface area contributed by atoms with Crippen molar-refractivity contribution in [3.63, 3.8) is 0 Å². The van der Waals surface area contributed by atoms with Gasteiger partial charge >= 0.3 is 18.1 Å². The molecule has 7 heteroatoms. The summed E-state index contributed by atoms with van der Waals surface area (Å²) >= 11 is 0. The zero-order valence-corrected chi connectivity index (χ0v) is 12.8. The molecular formula is C15H23F3O4. The van der Waals surface area contributed by atoms with E-state index in [4.69, 9.17) is 4.74 Å². The maximum Gasteiger partial charge on any atom is 0.425 e. The summed E-state index contributed by atoms with van der Waals surface area (Å²) in [5.74, 6) is -0.956. The van der Waals surface area contributed by atoms with Gasteiger partial charge in [0.15, 0.2) is 6.10 Å². The molecule has 0 aromatic rings. The molecule has 1 fully saturated rings. The van der Waals surface area contributed by atoms with Gasteiger partial charge in [-0.05, 0) is 32.1 Å². The fourth-order valence-electron chi connectivity index (χ4n) is 2.34. The molecule has 0 radical (unpaired) electrons. The molecule has 0 aromatic carbocycles. The molecule has 1 rings (SSSR count). The van der Waals surface area contributed by atoms with E-state index in [9.17, 15) is 22.8 Å². The average Bonchev–Trinajstić information content (AvgIpc) is 2.45. The SMILES string of the molecule is CC(OC(=O)CCCC(=O)OCC1CCCCC1)C(F)(F)F. The Morgan fingerprint density at radius 2 is 1.68 bits per heavy atom. The smallest absolute Gasteiger partial charge is 0.425 e. The van der Waals surface area contributed by atoms with Gasteiger partial charge < -0.3 is 9.47 Å². The molecule has 0 amide bonds. The summed E-state index contributed by atoms with van der Waals surface area (Å²) in [5, 5.41) is 0. The number of carbonyl (C=O) groups excluding carboxylic acids is 2. The summed E-state index contributed by atoms with van der Waals surface area (Å²) in [6.45, 7) is 1.17. The second-order valence-electron chi connectivity index (χ2n) is 5.71. The van der Waals surface area contributed by atoms with Crippen LogP contribution < -0.4 is 0 Å². The van der Waals surface area contributed by atoms with Gasteiger partial charge in [-0.2, -0.15) is 13.2 Å². The van der Waals surface area contributed by atoms with Crippen molar-refractivity contribution >= 4 is 11.9 Å². The molecule has 1 aliphatic carbocycles. The van der Waals surface area contributed by atoms with Crippen LogP contribution in [0.5, 0.6) is 0 Å². The van der Waals surface area contributed by atoms with E-state index in [1.54, 1.807) is 0 Å². The van der Waals surface area contributed by atoms with E-state index in [-0.39, 0.29) is 19.3 Å². The first kappa shape index (κ1) is 18.8. The predicted octanol–water partition coefficient (Wildman–Crippen LogP) is 3.77. The van der Waals surface area contributed by atoms with Gasteiger partial charge in [0.05, 0.1) is 6.61 Å². The number of hydrogen-bond donors (Lipinski definition) is 0. The Bertz CT molecular complexity index is 362. The van der Waals surface area contributed by atoms with Crippen LogP contribution in [0.3, 0.4) is 0 Å². The Hall–Kier alpha value is -1.27. The Morgan fingerprint density at radius 3 is 2.27 bits per heavy atom. The molecule has 4 nitrogen and oxygen atoms in total. The third kappa shape index (κ3) is 7.66. The van der Waals surface area contributed by atoms with Crippen molar-refractivity contribution in [2.45, 2.75) is 70.6 Å². The summed E-state index contributed by atoms with van der Waals surface area (Å²) in [7, 11) is 0. The minimum absolute atomic E-state index is 0.0161. The summed E-state index contributed by atoms with van der Waals surface area (Å²) in [4.78, 5) is 22.7. The molecule has 1 atom stereocenters. The molecule has 0 heterocycles. The molecule has 0 aliphatic heterocycles. The first-order valence-corrected chi connectivity index (χ1v) is 7.71. The molecule has 0 saturated heterocycles. The van der Waals surface area contributed by atoms with Crippen LogP contribution in [0.2, 0.25) is 0 Å². The zero-order chi connectivity index (χ0) is 16.6. The lowest BCUT2D eigenvalue weighted by Crippen LogP contribution is -2.30. The molecule has 1 saturated carbocycles. The molecule has 1 aliphatic rings. The van der Waals surface area contributed by atoms with Gasteiger partial charge in [0.1, 0.15) is 0 Å². The van der Waals surface area contributed by atoms with E-state index in [1.165, 1.54) is 6.42 Å². The standard InChI is InChI=1S/C15H23F3O4/c1-11(15(16,17)18)22-14(20)9-5-8-13(19)21-10-12-6-3-2-4-7-12/h11-12H,2-10H2,1H3. The molecule has 22 heavy (non-hydrogen) atoms. The zero-order valence-electron chi connectivity index (χ0n) is 12.8. The highest BCUT2D eigenvalue weighted by atomic mass is 19.4. The second-order valence-corrected chi connectivity index (χ2v) is 5.71. The molecule has 1 unspecified atom stereocenters. The number of rotatable bonds is 7. The van der Waals surface area contributed by atoms with Crippen LogP contribution in [0.15, 0.2) is 0 Å². The Kier molecular flexibility index (Phi) is 7.68. The largest absolute Gasteiger partial charge is 0.465 e. The Morgan fingerprint density at radius 1 is 1.09 bits per heavy atom. The van der Waals surface area contributed by atoms with E-state index < -0.39 is 24.2 Å². The first-order chi connectivity index (χ1) is 10.3. The van der Waals surface area contributed by atoms with E-state index in [0.29, 0.717) is 12.5 Å². The minimum atomic E-state index is -4.56. The van der Waals surface area contributed by atoms with Crippen LogP contribution in [-0.2, 0) is 19.1 Å². The van der Waals surface area contributed by atoms with Crippen molar-refractivity contribution in [1.29, 1.82) is 0 Å². The van der Waals surface area contributed by atoms with Crippen molar-refractivity contribution in [1.82, 2.24) is 0 Å². The number of halogens is 3. The molecular weight excluding hydrogens is 301 g/mol. The van der Waals surface area contributed by atoms with Crippen LogP contribution >= 0.6 is 0 Å². The molecule has 0 bridgehead atoms. The van der Waals surface area contributed by atoms with Gasteiger partial charge in [-0.15, -0.1) is 0 Å². The van der Waals surface area contributed by atoms with Crippen molar-refractivity contribution in [2.75, 3.05) is 6.61 Å². The number of ether oxygens (including phenoxy) is 2. The highest BCUT2D eigenvalue weighted by Crippen LogP contribution is 2.24. The number of hydrogen-bond acceptors (Lipinski definition) is 4. The molecule has 128 valence electrons. The van der Waals surface area contributed by atoms with E-state index >= 15 is 0 Å². The van der Waals surface area contributed by atoms with E-state index in [0.717, 1.165) is 32.6 Å². The Balaban J connectivity index is 2.10. The van der Waals surface area contributed by atoms with Crippen molar-refractivity contribution in [3.8, 4) is 0 Å². The summed E-state index contributed by atoms with van der Waals surface area (Å²) in [6.07, 6.45) is -1.09. The topological polar surface area (TPSA) is 52.6 Å². The third-order valence-corrected chi connectivity index (χ3v) is 3.74. The van der Waals surface area contributed by atoms with E-state index in [2.05, 4.69) is 4.74 Å². The van der Waals surface area contributed by atoms with Gasteiger partial charge in [-0.1, -0.05) is 19.3 Å². The lowest BCUT2D eigenvalue weighted by atomic mass is 9.90. The monoisotopic (exact) mass is 324 g/mol. The third-order valence-electron chi connectivity index (χ3n) is 3.74. The summed E-state index contributed by atoms with van der Waals surface area (Å²) in [6, 6.07) is 0. The lowest BCUT2D eigenvalue weighted by Gasteiger charge is -2.21. The quantitative estimate of drug-likeness (QED) is 0.669. The second kappa shape index (κ2) is 9.00. The molecule has 0 N–H and O–H groups in total. The minimum Gasteiger partial charge on any atom is -0.465 e. The summed E-state index contributed by atoms with van der Waals surface area (Å²) < 4.78 is 45.9. The maximum absolute atomic E-state index is 12.2. The maximum atomic E-state index is 12.2. The number of carbonyl (C=O) groups is 2. The van der Waals surface area contributed by atoms with Crippen LogP contribution in [0.25, 0.3) is 0 Å². The van der Waals surface area contributed by atoms with Crippen molar-refractivity contribution < 1.29 is 32.2 Å². The fourth-order valence-corrected chi connectivity index (χ4v) is 2.34. The normalized spacial score (nSPS) is 17.8. The van der Waals surface area contributed by atoms with E-state index in [1.807, 2.05) is 0 Å². The van der Waals surface area contributed by atoms with Gasteiger partial charge in [0.2, 0.25) is 0 Å². The molecule has 0 spiro atoms. The van der Waals surface area contributed by atoms with Crippen LogP contribution in [0.1, 0.15) is 58.3 Å². The van der Waals surface area contributed by atoms with Crippen molar-refractivity contribution in [2.24, 2.45) is 5.92 Å². The van der Waals surface area contributed by atoms with Gasteiger partial charge in [-0.25, -0.2) is 0 Å². The Labute approximate surface area is 128 Å². The highest BCUT2D eigenvalue weighted by Gasteiger charge is 2.38. The van der Waals surface area contributed by atoms with Gasteiger partial charge in [0.25, 0.3) is 0 Å². The van der Waals surface area contributed by atoms with Crippen LogP contribution in [0, 0.1) is 5.92 Å². The van der Waals surface area contributed by atoms with Crippen molar-refractivity contribution in [3.05, 3.63) is 0 Å². The summed E-state index contributed by atoms with van der Waals surface area (Å²) in [5.41, 5.74) is 0. The molecule has 0 aromatic heterocycles. The number of esters is 2. The predicted molar refractivity (Wildman–Crippen MR) is 73.0 cm³/mol. The average molecular weight is 324 g/mol. The van der Waals surface area contributed by atoms with Gasteiger partial charge in [0, 0.05) is 12.8 Å². The lowest BCUT2D eigenvalue weighted by molar-refractivity contribution is -0.216. The highest BCUT2D eigenvalue weighted by molar-refractivity contribution is 5.72. The van der Waals surface area contributed by atoms with Gasteiger partial charge in [-0.3, -0.25) is 9.59 Å².